The first kappa shape index (κ1) is 19.1. The quantitative estimate of drug-likeness (QED) is 0.513. The normalized spacial score (nSPS) is 10.9. The highest BCUT2D eigenvalue weighted by molar-refractivity contribution is 6.39. The molecule has 8 nitrogen and oxygen atoms in total. The number of halogens is 2. The molecule has 146 valence electrons. The van der Waals surface area contributed by atoms with Crippen molar-refractivity contribution < 1.29 is 9.32 Å². The van der Waals surface area contributed by atoms with Crippen LogP contribution in [0, 0.1) is 13.8 Å². The van der Waals surface area contributed by atoms with Crippen molar-refractivity contribution in [3.8, 4) is 16.9 Å². The SMILES string of the molecule is Cc1ccc(NC(=O)c2c(-c3c(Cl)cccc3Cl)noc2C)cc1-n1cnnn1. The Morgan fingerprint density at radius 1 is 1.14 bits per heavy atom. The lowest BCUT2D eigenvalue weighted by Gasteiger charge is -2.10. The molecule has 2 aromatic heterocycles. The summed E-state index contributed by atoms with van der Waals surface area (Å²) >= 11 is 12.6. The average molecular weight is 429 g/mol. The van der Waals surface area contributed by atoms with Gasteiger partial charge in [-0.25, -0.2) is 4.68 Å². The third kappa shape index (κ3) is 3.59. The summed E-state index contributed by atoms with van der Waals surface area (Å²) in [6, 6.07) is 10.5. The fourth-order valence-corrected chi connectivity index (χ4v) is 3.51. The van der Waals surface area contributed by atoms with E-state index in [0.29, 0.717) is 27.1 Å². The van der Waals surface area contributed by atoms with E-state index in [4.69, 9.17) is 27.7 Å². The Morgan fingerprint density at radius 3 is 2.59 bits per heavy atom. The Hall–Kier alpha value is -3.23. The zero-order valence-electron chi connectivity index (χ0n) is 15.3. The zero-order valence-corrected chi connectivity index (χ0v) is 16.9. The Morgan fingerprint density at radius 2 is 1.90 bits per heavy atom. The number of carbonyl (C=O) groups is 1. The molecular weight excluding hydrogens is 415 g/mol. The Kier molecular flexibility index (Phi) is 5.04. The van der Waals surface area contributed by atoms with Gasteiger partial charge in [0.25, 0.3) is 5.91 Å². The lowest BCUT2D eigenvalue weighted by Crippen LogP contribution is -2.14. The van der Waals surface area contributed by atoms with Crippen molar-refractivity contribution in [1.82, 2.24) is 25.4 Å². The highest BCUT2D eigenvalue weighted by Crippen LogP contribution is 2.37. The lowest BCUT2D eigenvalue weighted by molar-refractivity contribution is 0.102. The Bertz CT molecular complexity index is 1180. The van der Waals surface area contributed by atoms with Gasteiger partial charge < -0.3 is 9.84 Å². The maximum Gasteiger partial charge on any atom is 0.261 e. The minimum atomic E-state index is -0.402. The summed E-state index contributed by atoms with van der Waals surface area (Å²) in [6.45, 7) is 3.57. The first-order chi connectivity index (χ1) is 14.0. The van der Waals surface area contributed by atoms with E-state index in [2.05, 4.69) is 26.0 Å². The van der Waals surface area contributed by atoms with Gasteiger partial charge in [-0.1, -0.05) is 40.5 Å². The third-order valence-corrected chi connectivity index (χ3v) is 4.98. The topological polar surface area (TPSA) is 98.7 Å². The van der Waals surface area contributed by atoms with Gasteiger partial charge in [-0.3, -0.25) is 4.79 Å². The molecule has 10 heteroatoms. The second-order valence-corrected chi connectivity index (χ2v) is 7.08. The second kappa shape index (κ2) is 7.65. The molecular formula is C19H14Cl2N6O2. The summed E-state index contributed by atoms with van der Waals surface area (Å²) < 4.78 is 6.78. The highest BCUT2D eigenvalue weighted by atomic mass is 35.5. The van der Waals surface area contributed by atoms with Crippen molar-refractivity contribution in [3.05, 3.63) is 69.7 Å². The molecule has 0 fully saturated rings. The van der Waals surface area contributed by atoms with Crippen LogP contribution in [-0.4, -0.2) is 31.3 Å². The average Bonchev–Trinajstić information content (AvgIpc) is 3.33. The summed E-state index contributed by atoms with van der Waals surface area (Å²) in [5.41, 5.74) is 3.22. The van der Waals surface area contributed by atoms with E-state index < -0.39 is 5.91 Å². The van der Waals surface area contributed by atoms with Crippen LogP contribution in [0.15, 0.2) is 47.2 Å². The predicted molar refractivity (Wildman–Crippen MR) is 109 cm³/mol. The maximum absolute atomic E-state index is 13.1. The van der Waals surface area contributed by atoms with Crippen LogP contribution in [0.3, 0.4) is 0 Å². The summed E-state index contributed by atoms with van der Waals surface area (Å²) in [5.74, 6) is -0.0532. The lowest BCUT2D eigenvalue weighted by atomic mass is 10.1. The molecule has 0 unspecified atom stereocenters. The van der Waals surface area contributed by atoms with Crippen molar-refractivity contribution in [2.75, 3.05) is 5.32 Å². The van der Waals surface area contributed by atoms with Crippen LogP contribution in [0.25, 0.3) is 16.9 Å². The van der Waals surface area contributed by atoms with Gasteiger partial charge in [0.2, 0.25) is 0 Å². The van der Waals surface area contributed by atoms with E-state index >= 15 is 0 Å². The molecule has 0 saturated heterocycles. The van der Waals surface area contributed by atoms with Gasteiger partial charge in [0.05, 0.1) is 15.7 Å². The van der Waals surface area contributed by atoms with Crippen molar-refractivity contribution >= 4 is 34.8 Å². The van der Waals surface area contributed by atoms with Gasteiger partial charge in [0.15, 0.2) is 0 Å². The van der Waals surface area contributed by atoms with Gasteiger partial charge in [-0.15, -0.1) is 5.10 Å². The van der Waals surface area contributed by atoms with E-state index in [9.17, 15) is 4.79 Å². The number of aromatic nitrogens is 5. The first-order valence-electron chi connectivity index (χ1n) is 8.51. The monoisotopic (exact) mass is 428 g/mol. The van der Waals surface area contributed by atoms with Crippen molar-refractivity contribution in [3.63, 3.8) is 0 Å². The first-order valence-corrected chi connectivity index (χ1v) is 9.27. The van der Waals surface area contributed by atoms with Gasteiger partial charge in [-0.2, -0.15) is 0 Å². The van der Waals surface area contributed by atoms with Crippen LogP contribution >= 0.6 is 23.2 Å². The van der Waals surface area contributed by atoms with E-state index in [-0.39, 0.29) is 11.3 Å². The van der Waals surface area contributed by atoms with Crippen molar-refractivity contribution in [2.24, 2.45) is 0 Å². The van der Waals surface area contributed by atoms with Crippen molar-refractivity contribution in [2.45, 2.75) is 13.8 Å². The number of hydrogen-bond donors (Lipinski definition) is 1. The number of tetrazole rings is 1. The van der Waals surface area contributed by atoms with Gasteiger partial charge >= 0.3 is 0 Å². The van der Waals surface area contributed by atoms with Crippen LogP contribution in [0.1, 0.15) is 21.7 Å². The highest BCUT2D eigenvalue weighted by Gasteiger charge is 2.25. The van der Waals surface area contributed by atoms with E-state index in [0.717, 1.165) is 11.3 Å². The van der Waals surface area contributed by atoms with E-state index in [1.54, 1.807) is 37.3 Å². The number of aryl methyl sites for hydroxylation is 2. The minimum absolute atomic E-state index is 0.254. The summed E-state index contributed by atoms with van der Waals surface area (Å²) in [5, 5.41) is 18.8. The largest absolute Gasteiger partial charge is 0.360 e. The predicted octanol–water partition coefficient (Wildman–Crippen LogP) is 4.49. The number of nitrogens with zero attached hydrogens (tertiary/aromatic N) is 5. The molecule has 1 amide bonds. The molecule has 0 aliphatic heterocycles. The summed E-state index contributed by atoms with van der Waals surface area (Å²) in [6.07, 6.45) is 1.48. The molecule has 29 heavy (non-hydrogen) atoms. The van der Waals surface area contributed by atoms with Gasteiger partial charge in [0.1, 0.15) is 23.3 Å². The molecule has 0 atom stereocenters. The number of hydrogen-bond acceptors (Lipinski definition) is 6. The van der Waals surface area contributed by atoms with Crippen LogP contribution < -0.4 is 5.32 Å². The molecule has 2 aromatic carbocycles. The zero-order chi connectivity index (χ0) is 20.5. The standard InChI is InChI=1S/C19H14Cl2N6O2/c1-10-6-7-12(8-15(10)27-9-22-25-26-27)23-19(28)16-11(2)29-24-18(16)17-13(20)4-3-5-14(17)21/h3-9H,1-2H3,(H,23,28). The molecule has 4 aromatic rings. The molecule has 1 N–H and O–H groups in total. The molecule has 4 rings (SSSR count). The number of amides is 1. The molecule has 0 bridgehead atoms. The number of benzene rings is 2. The fraction of sp³-hybridized carbons (Fsp3) is 0.105. The Labute approximate surface area is 175 Å². The third-order valence-electron chi connectivity index (χ3n) is 4.35. The molecule has 0 saturated carbocycles. The maximum atomic E-state index is 13.1. The van der Waals surface area contributed by atoms with Crippen LogP contribution in [0.4, 0.5) is 5.69 Å². The second-order valence-electron chi connectivity index (χ2n) is 6.27. The van der Waals surface area contributed by atoms with Crippen LogP contribution in [0.5, 0.6) is 0 Å². The molecule has 2 heterocycles. The van der Waals surface area contributed by atoms with Crippen LogP contribution in [0.2, 0.25) is 10.0 Å². The number of carbonyl (C=O) groups excluding carboxylic acids is 1. The van der Waals surface area contributed by atoms with Gasteiger partial charge in [-0.05, 0) is 54.1 Å². The van der Waals surface area contributed by atoms with Crippen LogP contribution in [-0.2, 0) is 0 Å². The number of nitrogens with one attached hydrogen (secondary N) is 1. The summed E-state index contributed by atoms with van der Waals surface area (Å²) in [4.78, 5) is 13.1. The number of anilines is 1. The van der Waals surface area contributed by atoms with E-state index in [1.807, 2.05) is 13.0 Å². The van der Waals surface area contributed by atoms with E-state index in [1.165, 1.54) is 11.0 Å². The Balaban J connectivity index is 1.71. The molecule has 0 radical (unpaired) electrons. The van der Waals surface area contributed by atoms with Crippen molar-refractivity contribution in [1.29, 1.82) is 0 Å². The molecule has 0 aliphatic carbocycles. The van der Waals surface area contributed by atoms with Gasteiger partial charge in [0, 0.05) is 11.3 Å². The summed E-state index contributed by atoms with van der Waals surface area (Å²) in [7, 11) is 0. The fourth-order valence-electron chi connectivity index (χ4n) is 2.93. The minimum Gasteiger partial charge on any atom is -0.360 e. The molecule has 0 spiro atoms. The number of rotatable bonds is 4. The smallest absolute Gasteiger partial charge is 0.261 e. The molecule has 0 aliphatic rings.